The number of likely N-dealkylation sites (N-methyl/N-ethyl adjacent to an activating group) is 1. The number of hydrogen-bond donors (Lipinski definition) is 1. The highest BCUT2D eigenvalue weighted by atomic mass is 16.4. The highest BCUT2D eigenvalue weighted by Gasteiger charge is 2.27. The number of carboxylic acid groups (broad SMARTS) is 1. The van der Waals surface area contributed by atoms with Crippen LogP contribution in [-0.2, 0) is 9.59 Å². The molecule has 0 aromatic carbocycles. The van der Waals surface area contributed by atoms with E-state index in [1.165, 1.54) is 0 Å². The Kier molecular flexibility index (Phi) is 7.68. The molecule has 0 rings (SSSR count). The molecule has 0 bridgehead atoms. The molecular formula is C14H28N2O3. The first kappa shape index (κ1) is 17.9. The number of amides is 1. The van der Waals surface area contributed by atoms with Crippen molar-refractivity contribution in [2.45, 2.75) is 41.0 Å². The molecule has 0 aliphatic rings. The van der Waals surface area contributed by atoms with Gasteiger partial charge in [0, 0.05) is 25.0 Å². The summed E-state index contributed by atoms with van der Waals surface area (Å²) < 4.78 is 0. The maximum atomic E-state index is 12.3. The van der Waals surface area contributed by atoms with E-state index in [4.69, 9.17) is 5.11 Å². The average molecular weight is 272 g/mol. The first-order valence-corrected chi connectivity index (χ1v) is 6.95. The van der Waals surface area contributed by atoms with Crippen LogP contribution in [0, 0.1) is 5.41 Å². The summed E-state index contributed by atoms with van der Waals surface area (Å²) in [6, 6.07) is 0. The fourth-order valence-electron chi connectivity index (χ4n) is 1.82. The van der Waals surface area contributed by atoms with Crippen LogP contribution >= 0.6 is 0 Å². The van der Waals surface area contributed by atoms with Crippen LogP contribution in [0.4, 0.5) is 0 Å². The summed E-state index contributed by atoms with van der Waals surface area (Å²) in [4.78, 5) is 26.9. The average Bonchev–Trinajstić information content (AvgIpc) is 2.31. The van der Waals surface area contributed by atoms with Gasteiger partial charge in [0.25, 0.3) is 0 Å². The lowest BCUT2D eigenvalue weighted by molar-refractivity contribution is -0.142. The Labute approximate surface area is 116 Å². The van der Waals surface area contributed by atoms with Gasteiger partial charge in [-0.25, -0.2) is 0 Å². The van der Waals surface area contributed by atoms with Gasteiger partial charge in [0.15, 0.2) is 0 Å². The second-order valence-electron chi connectivity index (χ2n) is 5.71. The van der Waals surface area contributed by atoms with E-state index in [1.807, 2.05) is 20.8 Å². The molecular weight excluding hydrogens is 244 g/mol. The van der Waals surface area contributed by atoms with E-state index in [0.717, 1.165) is 19.6 Å². The summed E-state index contributed by atoms with van der Waals surface area (Å²) in [6.07, 6.45) is 0.0000694. The number of nitrogens with zero attached hydrogens (tertiary/aromatic N) is 2. The van der Waals surface area contributed by atoms with Crippen molar-refractivity contribution in [2.75, 3.05) is 32.7 Å². The zero-order chi connectivity index (χ0) is 15.1. The lowest BCUT2D eigenvalue weighted by Crippen LogP contribution is -2.44. The van der Waals surface area contributed by atoms with Gasteiger partial charge in [-0.1, -0.05) is 34.6 Å². The topological polar surface area (TPSA) is 60.9 Å². The minimum atomic E-state index is -0.866. The van der Waals surface area contributed by atoms with Crippen LogP contribution in [0.5, 0.6) is 0 Å². The second kappa shape index (κ2) is 8.15. The van der Waals surface area contributed by atoms with Crippen LogP contribution in [0.1, 0.15) is 41.0 Å². The third-order valence-electron chi connectivity index (χ3n) is 3.10. The molecule has 1 amide bonds. The summed E-state index contributed by atoms with van der Waals surface area (Å²) in [5.74, 6) is -0.851. The van der Waals surface area contributed by atoms with Crippen LogP contribution in [0.15, 0.2) is 0 Å². The molecule has 112 valence electrons. The van der Waals surface area contributed by atoms with E-state index in [9.17, 15) is 9.59 Å². The summed E-state index contributed by atoms with van der Waals surface area (Å²) in [6.45, 7) is 13.3. The van der Waals surface area contributed by atoms with Crippen molar-refractivity contribution in [2.24, 2.45) is 5.41 Å². The quantitative estimate of drug-likeness (QED) is 0.730. The van der Waals surface area contributed by atoms with E-state index in [0.29, 0.717) is 6.54 Å². The molecule has 0 unspecified atom stereocenters. The van der Waals surface area contributed by atoms with Gasteiger partial charge in [-0.2, -0.15) is 0 Å². The van der Waals surface area contributed by atoms with Crippen molar-refractivity contribution >= 4 is 11.9 Å². The maximum absolute atomic E-state index is 12.3. The first-order chi connectivity index (χ1) is 8.72. The van der Waals surface area contributed by atoms with Crippen molar-refractivity contribution in [3.63, 3.8) is 0 Å². The Hall–Kier alpha value is -1.10. The van der Waals surface area contributed by atoms with Gasteiger partial charge in [0.2, 0.25) is 5.91 Å². The van der Waals surface area contributed by atoms with Crippen LogP contribution in [0.3, 0.4) is 0 Å². The number of aliphatic carboxylic acids is 1. The summed E-state index contributed by atoms with van der Waals surface area (Å²) in [7, 11) is 0. The van der Waals surface area contributed by atoms with Crippen molar-refractivity contribution in [1.82, 2.24) is 9.80 Å². The number of rotatable bonds is 8. The van der Waals surface area contributed by atoms with Gasteiger partial charge in [-0.05, 0) is 13.1 Å². The van der Waals surface area contributed by atoms with E-state index in [2.05, 4.69) is 18.7 Å². The molecule has 0 radical (unpaired) electrons. The standard InChI is InChI=1S/C14H28N2O3/c1-6-15(7-2)10-11-16(9-8-12(17)18)13(19)14(3,4)5/h6-11H2,1-5H3,(H,17,18). The largest absolute Gasteiger partial charge is 0.481 e. The van der Waals surface area contributed by atoms with Gasteiger partial charge < -0.3 is 14.9 Å². The highest BCUT2D eigenvalue weighted by Crippen LogP contribution is 2.17. The minimum Gasteiger partial charge on any atom is -0.481 e. The first-order valence-electron chi connectivity index (χ1n) is 6.95. The molecule has 0 aliphatic carbocycles. The minimum absolute atomic E-state index is 0.0000694. The normalized spacial score (nSPS) is 11.7. The summed E-state index contributed by atoms with van der Waals surface area (Å²) in [5, 5.41) is 8.77. The van der Waals surface area contributed by atoms with E-state index in [1.54, 1.807) is 4.90 Å². The molecule has 0 aromatic heterocycles. The molecule has 0 heterocycles. The van der Waals surface area contributed by atoms with Crippen molar-refractivity contribution in [3.05, 3.63) is 0 Å². The Morgan fingerprint density at radius 1 is 1.00 bits per heavy atom. The van der Waals surface area contributed by atoms with Gasteiger partial charge in [0.1, 0.15) is 0 Å². The van der Waals surface area contributed by atoms with E-state index >= 15 is 0 Å². The predicted octanol–water partition coefficient (Wildman–Crippen LogP) is 1.68. The molecule has 19 heavy (non-hydrogen) atoms. The Morgan fingerprint density at radius 2 is 1.53 bits per heavy atom. The summed E-state index contributed by atoms with van der Waals surface area (Å²) in [5.41, 5.74) is -0.470. The SMILES string of the molecule is CCN(CC)CCN(CCC(=O)O)C(=O)C(C)(C)C. The van der Waals surface area contributed by atoms with E-state index < -0.39 is 11.4 Å². The van der Waals surface area contributed by atoms with Gasteiger partial charge in [-0.15, -0.1) is 0 Å². The molecule has 0 aromatic rings. The lowest BCUT2D eigenvalue weighted by atomic mass is 9.94. The van der Waals surface area contributed by atoms with Gasteiger partial charge >= 0.3 is 5.97 Å². The third kappa shape index (κ3) is 7.15. The van der Waals surface area contributed by atoms with Crippen LogP contribution in [0.2, 0.25) is 0 Å². The predicted molar refractivity (Wildman–Crippen MR) is 76.1 cm³/mol. The monoisotopic (exact) mass is 272 g/mol. The Balaban J connectivity index is 4.58. The summed E-state index contributed by atoms with van der Waals surface area (Å²) >= 11 is 0. The smallest absolute Gasteiger partial charge is 0.305 e. The third-order valence-corrected chi connectivity index (χ3v) is 3.10. The lowest BCUT2D eigenvalue weighted by Gasteiger charge is -2.31. The number of carbonyl (C=O) groups excluding carboxylic acids is 1. The Bertz CT molecular complexity index is 294. The van der Waals surface area contributed by atoms with Gasteiger partial charge in [0.05, 0.1) is 6.42 Å². The molecule has 0 saturated carbocycles. The van der Waals surface area contributed by atoms with Crippen molar-refractivity contribution < 1.29 is 14.7 Å². The van der Waals surface area contributed by atoms with Crippen LogP contribution in [-0.4, -0.2) is 59.5 Å². The number of hydrogen-bond acceptors (Lipinski definition) is 3. The molecule has 5 nitrogen and oxygen atoms in total. The Morgan fingerprint density at radius 3 is 1.89 bits per heavy atom. The van der Waals surface area contributed by atoms with E-state index in [-0.39, 0.29) is 18.9 Å². The number of carboxylic acids is 1. The highest BCUT2D eigenvalue weighted by molar-refractivity contribution is 5.82. The van der Waals surface area contributed by atoms with Crippen LogP contribution in [0.25, 0.3) is 0 Å². The second-order valence-corrected chi connectivity index (χ2v) is 5.71. The molecule has 0 spiro atoms. The molecule has 5 heteroatoms. The molecule has 0 aliphatic heterocycles. The fourth-order valence-corrected chi connectivity index (χ4v) is 1.82. The molecule has 1 N–H and O–H groups in total. The number of carbonyl (C=O) groups is 2. The van der Waals surface area contributed by atoms with Crippen molar-refractivity contribution in [3.8, 4) is 0 Å². The molecule has 0 fully saturated rings. The van der Waals surface area contributed by atoms with Crippen LogP contribution < -0.4 is 0 Å². The zero-order valence-corrected chi connectivity index (χ0v) is 12.9. The van der Waals surface area contributed by atoms with Crippen molar-refractivity contribution in [1.29, 1.82) is 0 Å². The zero-order valence-electron chi connectivity index (χ0n) is 12.9. The molecule has 0 saturated heterocycles. The fraction of sp³-hybridized carbons (Fsp3) is 0.857. The van der Waals surface area contributed by atoms with Gasteiger partial charge in [-0.3, -0.25) is 9.59 Å². The molecule has 0 atom stereocenters. The maximum Gasteiger partial charge on any atom is 0.305 e.